The van der Waals surface area contributed by atoms with E-state index < -0.39 is 17.3 Å². The predicted molar refractivity (Wildman–Crippen MR) is 119 cm³/mol. The fourth-order valence-corrected chi connectivity index (χ4v) is 4.16. The van der Waals surface area contributed by atoms with Gasteiger partial charge >= 0.3 is 0 Å². The maximum atomic E-state index is 13.6. The molecule has 3 rings (SSSR count). The minimum absolute atomic E-state index is 0.0468. The zero-order valence-corrected chi connectivity index (χ0v) is 19.1. The Morgan fingerprint density at radius 1 is 1.26 bits per heavy atom. The van der Waals surface area contributed by atoms with E-state index in [1.165, 1.54) is 6.07 Å². The van der Waals surface area contributed by atoms with Crippen LogP contribution in [0.4, 0.5) is 4.39 Å². The minimum atomic E-state index is -0.898. The molecule has 0 unspecified atom stereocenters. The highest BCUT2D eigenvalue weighted by Gasteiger charge is 2.33. The highest BCUT2D eigenvalue weighted by atomic mass is 19.1. The molecule has 11 heteroatoms. The maximum absolute atomic E-state index is 13.6. The number of nitriles is 1. The van der Waals surface area contributed by atoms with Gasteiger partial charge in [-0.05, 0) is 38.1 Å². The summed E-state index contributed by atoms with van der Waals surface area (Å²) in [6, 6.07) is 5.49. The molecule has 34 heavy (non-hydrogen) atoms. The van der Waals surface area contributed by atoms with E-state index in [1.807, 2.05) is 13.1 Å². The van der Waals surface area contributed by atoms with Crippen molar-refractivity contribution in [3.63, 3.8) is 0 Å². The predicted octanol–water partition coefficient (Wildman–Crippen LogP) is 0.639. The van der Waals surface area contributed by atoms with Crippen molar-refractivity contribution < 1.29 is 33.7 Å². The number of carbonyl (C=O) groups is 3. The molecule has 10 nitrogen and oxygen atoms in total. The number of aliphatic hydroxyl groups is 1. The summed E-state index contributed by atoms with van der Waals surface area (Å²) in [5.41, 5.74) is -0.691. The van der Waals surface area contributed by atoms with Gasteiger partial charge in [-0.25, -0.2) is 4.39 Å². The van der Waals surface area contributed by atoms with Gasteiger partial charge in [-0.1, -0.05) is 0 Å². The van der Waals surface area contributed by atoms with E-state index in [0.29, 0.717) is 39.0 Å². The zero-order valence-electron chi connectivity index (χ0n) is 19.1. The average molecular weight is 479 g/mol. The summed E-state index contributed by atoms with van der Waals surface area (Å²) in [5, 5.41) is 31.9. The molecule has 186 valence electrons. The first-order valence-electron chi connectivity index (χ1n) is 11.1. The first-order valence-corrected chi connectivity index (χ1v) is 11.1. The number of nitrogens with zero attached hydrogens (tertiary/aromatic N) is 2. The van der Waals surface area contributed by atoms with Gasteiger partial charge in [0, 0.05) is 63.2 Å². The van der Waals surface area contributed by atoms with Crippen LogP contribution >= 0.6 is 0 Å². The van der Waals surface area contributed by atoms with Crippen molar-refractivity contribution in [3.05, 3.63) is 35.1 Å². The fourth-order valence-electron chi connectivity index (χ4n) is 4.16. The molecule has 0 aromatic heterocycles. The van der Waals surface area contributed by atoms with Crippen molar-refractivity contribution >= 4 is 18.3 Å². The van der Waals surface area contributed by atoms with Crippen molar-refractivity contribution in [2.24, 2.45) is 0 Å². The van der Waals surface area contributed by atoms with Crippen molar-refractivity contribution in [2.75, 3.05) is 33.4 Å². The summed E-state index contributed by atoms with van der Waals surface area (Å²) in [5.74, 6) is -1.17. The fraction of sp³-hybridized carbons (Fsp3) is 0.565. The third-order valence-electron chi connectivity index (χ3n) is 6.23. The van der Waals surface area contributed by atoms with Gasteiger partial charge in [0.1, 0.15) is 5.82 Å². The van der Waals surface area contributed by atoms with Crippen molar-refractivity contribution in [1.82, 2.24) is 15.5 Å². The molecule has 0 aliphatic carbocycles. The van der Waals surface area contributed by atoms with E-state index in [0.717, 1.165) is 25.0 Å². The summed E-state index contributed by atoms with van der Waals surface area (Å²) in [6.07, 6.45) is 2.99. The molecule has 0 bridgehead atoms. The van der Waals surface area contributed by atoms with Gasteiger partial charge in [-0.15, -0.1) is 0 Å². The Hall–Kier alpha value is -3.07. The lowest BCUT2D eigenvalue weighted by Gasteiger charge is -2.32. The molecule has 1 aromatic rings. The van der Waals surface area contributed by atoms with E-state index >= 15 is 0 Å². The number of carbonyl (C=O) groups excluding carboxylic acids is 2. The Balaban J connectivity index is 0.00000129. The summed E-state index contributed by atoms with van der Waals surface area (Å²) in [6.45, 7) is 1.34. The van der Waals surface area contributed by atoms with Crippen LogP contribution in [0.2, 0.25) is 0 Å². The van der Waals surface area contributed by atoms with Crippen molar-refractivity contribution in [1.29, 1.82) is 5.26 Å². The Bertz CT molecular complexity index is 900. The molecule has 2 aliphatic heterocycles. The second kappa shape index (κ2) is 13.0. The monoisotopic (exact) mass is 478 g/mol. The van der Waals surface area contributed by atoms with Gasteiger partial charge in [0.25, 0.3) is 12.4 Å². The van der Waals surface area contributed by atoms with Gasteiger partial charge in [0.15, 0.2) is 0 Å². The van der Waals surface area contributed by atoms with Gasteiger partial charge in [-0.2, -0.15) is 5.26 Å². The third kappa shape index (κ3) is 8.06. The molecule has 0 spiro atoms. The molecular weight excluding hydrogens is 447 g/mol. The summed E-state index contributed by atoms with van der Waals surface area (Å²) >= 11 is 0. The second-order valence-electron chi connectivity index (χ2n) is 8.52. The van der Waals surface area contributed by atoms with E-state index in [9.17, 15) is 19.1 Å². The Morgan fingerprint density at radius 3 is 2.56 bits per heavy atom. The number of halogens is 1. The lowest BCUT2D eigenvalue weighted by atomic mass is 9.94. The van der Waals surface area contributed by atoms with E-state index in [-0.39, 0.29) is 42.1 Å². The molecule has 2 atom stereocenters. The highest BCUT2D eigenvalue weighted by molar-refractivity contribution is 5.94. The molecule has 2 fully saturated rings. The van der Waals surface area contributed by atoms with E-state index in [1.54, 1.807) is 0 Å². The molecule has 1 aromatic carbocycles. The third-order valence-corrected chi connectivity index (χ3v) is 6.23. The van der Waals surface area contributed by atoms with Crippen LogP contribution in [0.5, 0.6) is 0 Å². The Morgan fingerprint density at radius 2 is 1.91 bits per heavy atom. The molecule has 2 saturated heterocycles. The summed E-state index contributed by atoms with van der Waals surface area (Å²) in [7, 11) is 1.92. The zero-order chi connectivity index (χ0) is 25.1. The van der Waals surface area contributed by atoms with Crippen LogP contribution in [0, 0.1) is 17.1 Å². The van der Waals surface area contributed by atoms with Crippen LogP contribution in [0.1, 0.15) is 48.0 Å². The van der Waals surface area contributed by atoms with Crippen LogP contribution in [-0.2, 0) is 14.3 Å². The number of nitrogens with one attached hydrogen (secondary N) is 2. The number of ether oxygens (including phenoxy) is 1. The lowest BCUT2D eigenvalue weighted by molar-refractivity contribution is -0.125. The molecule has 2 amide bonds. The summed E-state index contributed by atoms with van der Waals surface area (Å²) < 4.78 is 18.8. The number of likely N-dealkylation sites (N-methyl/N-ethyl adjacent to an activating group) is 1. The van der Waals surface area contributed by atoms with Gasteiger partial charge in [-0.3, -0.25) is 19.3 Å². The largest absolute Gasteiger partial charge is 0.483 e. The van der Waals surface area contributed by atoms with E-state index in [4.69, 9.17) is 19.9 Å². The Labute approximate surface area is 197 Å². The molecule has 0 saturated carbocycles. The smallest absolute Gasteiger partial charge is 0.290 e. The van der Waals surface area contributed by atoms with Crippen LogP contribution in [-0.4, -0.2) is 84.4 Å². The van der Waals surface area contributed by atoms with Crippen LogP contribution in [0.15, 0.2) is 18.2 Å². The van der Waals surface area contributed by atoms with Crippen molar-refractivity contribution in [3.8, 4) is 6.07 Å². The van der Waals surface area contributed by atoms with E-state index in [2.05, 4.69) is 15.5 Å². The van der Waals surface area contributed by atoms with Crippen LogP contribution in [0.25, 0.3) is 0 Å². The number of hydrogen-bond donors (Lipinski definition) is 4. The number of amides is 2. The number of benzene rings is 1. The number of hydrogen-bond acceptors (Lipinski definition) is 7. The normalized spacial score (nSPS) is 21.5. The standard InChI is InChI=1S/C22H29FN4O4.CH2O2/c1-27-18(11-20(28)26-14-22(30)4-6-31-7-5-22)2-3-19(27)13-25-21(29)16-8-15(12-24)9-17(23)10-16;2-1-3/h8-10,18-19,30H,2-7,11,13-14H2,1H3,(H,25,29)(H,26,28);1H,(H,2,3)/t18-,19+;/m1./s1. The SMILES string of the molecule is CN1[C@@H](CC(=O)NCC2(O)CCOCC2)CC[C@H]1CNC(=O)c1cc(F)cc(C#N)c1.O=CO. The maximum Gasteiger partial charge on any atom is 0.290 e. The van der Waals surface area contributed by atoms with Crippen LogP contribution in [0.3, 0.4) is 0 Å². The van der Waals surface area contributed by atoms with Crippen molar-refractivity contribution in [2.45, 2.75) is 49.8 Å². The molecule has 2 heterocycles. The average Bonchev–Trinajstić information content (AvgIpc) is 3.15. The topological polar surface area (TPSA) is 152 Å². The quantitative estimate of drug-likeness (QED) is 0.417. The number of rotatable bonds is 7. The van der Waals surface area contributed by atoms with Gasteiger partial charge < -0.3 is 25.6 Å². The van der Waals surface area contributed by atoms with Gasteiger partial charge in [0.2, 0.25) is 5.91 Å². The molecule has 4 N–H and O–H groups in total. The molecular formula is C23H31FN4O6. The minimum Gasteiger partial charge on any atom is -0.483 e. The highest BCUT2D eigenvalue weighted by Crippen LogP contribution is 2.25. The van der Waals surface area contributed by atoms with Gasteiger partial charge in [0.05, 0.1) is 17.2 Å². The number of carboxylic acid groups (broad SMARTS) is 1. The number of likely N-dealkylation sites (tertiary alicyclic amines) is 1. The summed E-state index contributed by atoms with van der Waals surface area (Å²) in [4.78, 5) is 35.2. The lowest BCUT2D eigenvalue weighted by Crippen LogP contribution is -2.48. The first-order chi connectivity index (χ1) is 16.2. The molecule has 2 aliphatic rings. The Kier molecular flexibility index (Phi) is 10.4. The van der Waals surface area contributed by atoms with Crippen LogP contribution < -0.4 is 10.6 Å². The second-order valence-corrected chi connectivity index (χ2v) is 8.52. The first kappa shape index (κ1) is 27.2. The molecule has 0 radical (unpaired) electrons.